The van der Waals surface area contributed by atoms with Crippen molar-refractivity contribution in [3.8, 4) is 34.4 Å². The number of halogens is 1. The summed E-state index contributed by atoms with van der Waals surface area (Å²) in [6.07, 6.45) is 7.06. The summed E-state index contributed by atoms with van der Waals surface area (Å²) < 4.78 is 19.1. The Morgan fingerprint density at radius 2 is 1.74 bits per heavy atom. The third-order valence-electron chi connectivity index (χ3n) is 10.5. The zero-order valence-electron chi connectivity index (χ0n) is 31.3. The van der Waals surface area contributed by atoms with Gasteiger partial charge in [0.15, 0.2) is 0 Å². The van der Waals surface area contributed by atoms with Crippen LogP contribution in [0.1, 0.15) is 72.4 Å². The van der Waals surface area contributed by atoms with Crippen molar-refractivity contribution in [2.24, 2.45) is 0 Å². The number of hydrogen-bond donors (Lipinski definition) is 2. The van der Waals surface area contributed by atoms with Crippen molar-refractivity contribution in [3.63, 3.8) is 0 Å². The molecule has 0 amide bonds. The Bertz CT molecular complexity index is 1980. The van der Waals surface area contributed by atoms with Gasteiger partial charge < -0.3 is 29.3 Å². The Morgan fingerprint density at radius 1 is 0.963 bits per heavy atom. The molecule has 0 spiro atoms. The van der Waals surface area contributed by atoms with E-state index in [4.69, 9.17) is 25.8 Å². The van der Waals surface area contributed by atoms with Crippen molar-refractivity contribution in [2.75, 3.05) is 26.2 Å². The van der Waals surface area contributed by atoms with Gasteiger partial charge >= 0.3 is 5.97 Å². The second kappa shape index (κ2) is 18.1. The predicted molar refractivity (Wildman–Crippen MR) is 208 cm³/mol. The van der Waals surface area contributed by atoms with Gasteiger partial charge in [-0.25, -0.2) is 0 Å². The summed E-state index contributed by atoms with van der Waals surface area (Å²) in [5, 5.41) is 29.5. The number of aliphatic hydroxyl groups is 1. The van der Waals surface area contributed by atoms with Crippen LogP contribution in [0.5, 0.6) is 17.2 Å². The van der Waals surface area contributed by atoms with Crippen LogP contribution < -0.4 is 14.2 Å². The molecule has 3 aromatic carbocycles. The van der Waals surface area contributed by atoms with Crippen LogP contribution in [0.2, 0.25) is 5.02 Å². The van der Waals surface area contributed by atoms with Gasteiger partial charge in [-0.05, 0) is 99.0 Å². The predicted octanol–water partition coefficient (Wildman–Crippen LogP) is 7.71. The lowest BCUT2D eigenvalue weighted by Gasteiger charge is -2.33. The van der Waals surface area contributed by atoms with E-state index in [1.54, 1.807) is 24.4 Å². The first-order valence-corrected chi connectivity index (χ1v) is 19.1. The molecule has 2 aliphatic rings. The number of hydrogen-bond acceptors (Lipinski definition) is 9. The molecule has 10 nitrogen and oxygen atoms in total. The third-order valence-corrected chi connectivity index (χ3v) is 10.8. The van der Waals surface area contributed by atoms with E-state index in [1.807, 2.05) is 29.2 Å². The van der Waals surface area contributed by atoms with Crippen LogP contribution in [0.15, 0.2) is 67.0 Å². The van der Waals surface area contributed by atoms with Crippen molar-refractivity contribution in [1.82, 2.24) is 14.8 Å². The number of ether oxygens (including phenoxy) is 3. The number of benzene rings is 3. The van der Waals surface area contributed by atoms with Crippen molar-refractivity contribution < 1.29 is 29.2 Å². The molecule has 1 aromatic heterocycles. The molecule has 0 radical (unpaired) electrons. The summed E-state index contributed by atoms with van der Waals surface area (Å²) in [7, 11) is 0. The maximum absolute atomic E-state index is 12.1. The zero-order valence-corrected chi connectivity index (χ0v) is 32.0. The zero-order chi connectivity index (χ0) is 38.2. The molecule has 6 rings (SSSR count). The van der Waals surface area contributed by atoms with Gasteiger partial charge in [0, 0.05) is 55.8 Å². The molecular weight excluding hydrogens is 704 g/mol. The second-order valence-corrected chi connectivity index (χ2v) is 14.9. The first-order valence-electron chi connectivity index (χ1n) is 18.7. The number of β-amino-alcohol motifs (C(OH)–C–C–N with tert-alkyl or cyclic N) is 1. The van der Waals surface area contributed by atoms with E-state index in [1.165, 1.54) is 6.20 Å². The molecular formula is C43H49ClN4O6. The summed E-state index contributed by atoms with van der Waals surface area (Å²) in [6.45, 7) is 10.3. The number of carboxylic acids is 1. The smallest absolute Gasteiger partial charge is 0.320 e. The Kier molecular flexibility index (Phi) is 13.1. The number of aliphatic hydroxyl groups excluding tert-OH is 1. The van der Waals surface area contributed by atoms with Gasteiger partial charge in [-0.2, -0.15) is 5.26 Å². The van der Waals surface area contributed by atoms with Crippen LogP contribution in [0.4, 0.5) is 0 Å². The maximum atomic E-state index is 12.1. The number of aromatic nitrogens is 1. The molecule has 0 bridgehead atoms. The molecule has 2 aliphatic heterocycles. The Morgan fingerprint density at radius 3 is 2.50 bits per heavy atom. The summed E-state index contributed by atoms with van der Waals surface area (Å²) in [4.78, 5) is 20.5. The van der Waals surface area contributed by atoms with E-state index in [0.29, 0.717) is 41.6 Å². The van der Waals surface area contributed by atoms with Crippen LogP contribution in [0.3, 0.4) is 0 Å². The summed E-state index contributed by atoms with van der Waals surface area (Å²) >= 11 is 6.86. The fraction of sp³-hybridized carbons (Fsp3) is 0.419. The van der Waals surface area contributed by atoms with E-state index in [0.717, 1.165) is 90.0 Å². The Hall–Kier alpha value is -4.66. The molecule has 3 atom stereocenters. The van der Waals surface area contributed by atoms with E-state index in [-0.39, 0.29) is 25.4 Å². The normalized spacial score (nSPS) is 18.2. The van der Waals surface area contributed by atoms with E-state index in [9.17, 15) is 20.3 Å². The quantitative estimate of drug-likeness (QED) is 0.125. The number of aliphatic carboxylic acids is 1. The van der Waals surface area contributed by atoms with Gasteiger partial charge in [0.05, 0.1) is 22.8 Å². The van der Waals surface area contributed by atoms with Gasteiger partial charge in [0.2, 0.25) is 0 Å². The number of piperidine rings is 1. The average molecular weight is 753 g/mol. The monoisotopic (exact) mass is 752 g/mol. The summed E-state index contributed by atoms with van der Waals surface area (Å²) in [5.74, 6) is 0.994. The van der Waals surface area contributed by atoms with Crippen LogP contribution in [-0.4, -0.2) is 75.4 Å². The highest BCUT2D eigenvalue weighted by atomic mass is 35.5. The lowest BCUT2D eigenvalue weighted by atomic mass is 9.93. The van der Waals surface area contributed by atoms with Crippen LogP contribution in [-0.2, 0) is 24.6 Å². The number of pyridine rings is 1. The molecule has 0 saturated carbocycles. The van der Waals surface area contributed by atoms with Crippen molar-refractivity contribution >= 4 is 17.6 Å². The third kappa shape index (κ3) is 9.71. The fourth-order valence-electron chi connectivity index (χ4n) is 7.39. The fourth-order valence-corrected chi connectivity index (χ4v) is 7.63. The van der Waals surface area contributed by atoms with Gasteiger partial charge in [-0.3, -0.25) is 14.7 Å². The number of likely N-dealkylation sites (tertiary alicyclic amines) is 2. The second-order valence-electron chi connectivity index (χ2n) is 14.5. The van der Waals surface area contributed by atoms with Crippen molar-refractivity contribution in [1.29, 1.82) is 5.26 Å². The Balaban J connectivity index is 1.19. The number of carbonyl (C=O) groups is 1. The SMILES string of the molecule is Cc1c(COc2cc(OCc3cncc(C#N)c3)c(CN3CCCC[C@H]3C(=O)O)cc2Cl)cccc1-c1cccc(O[C@H](C)CCN2CC[C@@H](O)C2)c1C. The summed E-state index contributed by atoms with van der Waals surface area (Å²) in [6, 6.07) is 19.2. The van der Waals surface area contributed by atoms with E-state index in [2.05, 4.69) is 48.9 Å². The van der Waals surface area contributed by atoms with Gasteiger partial charge in [0.1, 0.15) is 42.6 Å². The molecule has 0 aliphatic carbocycles. The topological polar surface area (TPSA) is 128 Å². The van der Waals surface area contributed by atoms with Crippen molar-refractivity contribution in [2.45, 2.75) is 90.9 Å². The van der Waals surface area contributed by atoms with Crippen molar-refractivity contribution in [3.05, 3.63) is 105 Å². The van der Waals surface area contributed by atoms with Crippen LogP contribution in [0, 0.1) is 25.2 Å². The van der Waals surface area contributed by atoms with Crippen LogP contribution in [0.25, 0.3) is 11.1 Å². The minimum Gasteiger partial charge on any atom is -0.490 e. The number of carboxylic acid groups (broad SMARTS) is 1. The lowest BCUT2D eigenvalue weighted by molar-refractivity contribution is -0.144. The van der Waals surface area contributed by atoms with Gasteiger partial charge in [-0.1, -0.05) is 48.4 Å². The maximum Gasteiger partial charge on any atom is 0.320 e. The molecule has 2 fully saturated rings. The lowest BCUT2D eigenvalue weighted by Crippen LogP contribution is -2.44. The van der Waals surface area contributed by atoms with Crippen LogP contribution >= 0.6 is 11.6 Å². The minimum atomic E-state index is -0.834. The first-order chi connectivity index (χ1) is 26.1. The minimum absolute atomic E-state index is 0.0281. The molecule has 2 saturated heterocycles. The van der Waals surface area contributed by atoms with Gasteiger partial charge in [0.25, 0.3) is 0 Å². The standard InChI is InChI=1S/C43H49ClN4O6/c1-28(13-16-47-17-14-35(49)25-47)54-40-12-7-10-37(30(40)3)36-9-6-8-33(29(36)2)27-53-42-20-41(52-26-32-18-31(21-45)22-46-23-32)34(19-38(42)44)24-48-15-5-4-11-39(48)43(50)51/h6-10,12,18-20,22-23,28,35,39,49H,4-5,11,13-17,24-27H2,1-3H3,(H,50,51)/t28-,35-,39+/m1/s1. The molecule has 0 unspecified atom stereocenters. The van der Waals surface area contributed by atoms with E-state index < -0.39 is 12.0 Å². The highest BCUT2D eigenvalue weighted by Gasteiger charge is 2.29. The van der Waals surface area contributed by atoms with E-state index >= 15 is 0 Å². The largest absolute Gasteiger partial charge is 0.490 e. The molecule has 2 N–H and O–H groups in total. The first kappa shape index (κ1) is 39.0. The number of nitrogens with zero attached hydrogens (tertiary/aromatic N) is 4. The van der Waals surface area contributed by atoms with Gasteiger partial charge in [-0.15, -0.1) is 0 Å². The Labute approximate surface area is 322 Å². The number of rotatable bonds is 15. The highest BCUT2D eigenvalue weighted by molar-refractivity contribution is 6.32. The summed E-state index contributed by atoms with van der Waals surface area (Å²) in [5.41, 5.74) is 7.25. The molecule has 4 aromatic rings. The molecule has 284 valence electrons. The molecule has 11 heteroatoms. The highest BCUT2D eigenvalue weighted by Crippen LogP contribution is 2.37. The molecule has 3 heterocycles. The average Bonchev–Trinajstić information content (AvgIpc) is 3.59. The molecule has 54 heavy (non-hydrogen) atoms. The number of nitriles is 1.